The van der Waals surface area contributed by atoms with Crippen LogP contribution in [0.5, 0.6) is 5.75 Å². The molecule has 3 aromatic carbocycles. The van der Waals surface area contributed by atoms with Gasteiger partial charge in [-0.2, -0.15) is 0 Å². The van der Waals surface area contributed by atoms with E-state index in [0.717, 1.165) is 35.8 Å². The number of halogens is 4. The molecule has 0 N–H and O–H groups in total. The third-order valence-corrected chi connectivity index (χ3v) is 7.50. The van der Waals surface area contributed by atoms with Gasteiger partial charge >= 0.3 is 0 Å². The molecule has 1 aliphatic heterocycles. The van der Waals surface area contributed by atoms with E-state index in [0.29, 0.717) is 22.1 Å². The Hall–Kier alpha value is -1.63. The number of rotatable bonds is 6. The van der Waals surface area contributed by atoms with Crippen molar-refractivity contribution in [3.63, 3.8) is 0 Å². The lowest BCUT2D eigenvalue weighted by Gasteiger charge is -2.13. The fraction of sp³-hybridized carbons (Fsp3) is 0.0833. The first kappa shape index (κ1) is 24.5. The van der Waals surface area contributed by atoms with Crippen LogP contribution in [0.15, 0.2) is 65.6 Å². The van der Waals surface area contributed by atoms with Crippen LogP contribution in [0.4, 0.5) is 9.18 Å². The zero-order chi connectivity index (χ0) is 23.5. The fourth-order valence-corrected chi connectivity index (χ4v) is 6.19. The van der Waals surface area contributed by atoms with Gasteiger partial charge in [-0.15, -0.1) is 0 Å². The maximum Gasteiger partial charge on any atom is 0.293 e. The average molecular weight is 706 g/mol. The quantitative estimate of drug-likeness (QED) is 0.197. The van der Waals surface area contributed by atoms with Crippen molar-refractivity contribution in [2.75, 3.05) is 0 Å². The Kier molecular flexibility index (Phi) is 7.98. The van der Waals surface area contributed by atoms with E-state index in [2.05, 4.69) is 45.2 Å². The molecule has 0 atom stereocenters. The highest BCUT2D eigenvalue weighted by molar-refractivity contribution is 14.1. The van der Waals surface area contributed by atoms with E-state index in [9.17, 15) is 14.0 Å². The number of thioether (sulfide) groups is 1. The zero-order valence-electron chi connectivity index (χ0n) is 16.9. The molecule has 4 rings (SSSR count). The van der Waals surface area contributed by atoms with Crippen LogP contribution in [0.3, 0.4) is 0 Å². The second kappa shape index (κ2) is 10.7. The number of benzene rings is 3. The highest BCUT2D eigenvalue weighted by Crippen LogP contribution is 2.35. The van der Waals surface area contributed by atoms with E-state index in [1.807, 2.05) is 36.4 Å². The molecule has 0 radical (unpaired) electrons. The summed E-state index contributed by atoms with van der Waals surface area (Å²) >= 11 is 11.2. The van der Waals surface area contributed by atoms with Crippen molar-refractivity contribution < 1.29 is 18.7 Å². The third kappa shape index (κ3) is 6.09. The second-order valence-electron chi connectivity index (χ2n) is 7.12. The Bertz CT molecular complexity index is 1230. The van der Waals surface area contributed by atoms with Crippen molar-refractivity contribution in [3.05, 3.63) is 100 Å². The van der Waals surface area contributed by atoms with E-state index < -0.39 is 0 Å². The summed E-state index contributed by atoms with van der Waals surface area (Å²) in [4.78, 5) is 26.7. The molecule has 0 spiro atoms. The van der Waals surface area contributed by atoms with Crippen molar-refractivity contribution >= 4 is 85.8 Å². The third-order valence-electron chi connectivity index (χ3n) is 4.74. The van der Waals surface area contributed by atoms with Crippen molar-refractivity contribution in [2.45, 2.75) is 13.2 Å². The summed E-state index contributed by atoms with van der Waals surface area (Å²) in [5.41, 5.74) is 2.49. The van der Waals surface area contributed by atoms with Crippen LogP contribution >= 0.6 is 68.5 Å². The molecule has 0 aromatic heterocycles. The van der Waals surface area contributed by atoms with Gasteiger partial charge in [-0.1, -0.05) is 35.9 Å². The molecule has 1 heterocycles. The molecule has 1 saturated heterocycles. The summed E-state index contributed by atoms with van der Waals surface area (Å²) in [7, 11) is 0. The Morgan fingerprint density at radius 3 is 2.21 bits per heavy atom. The van der Waals surface area contributed by atoms with Gasteiger partial charge in [-0.3, -0.25) is 14.5 Å². The molecule has 33 heavy (non-hydrogen) atoms. The Labute approximate surface area is 226 Å². The predicted molar refractivity (Wildman–Crippen MR) is 146 cm³/mol. The molecular weight excluding hydrogens is 691 g/mol. The SMILES string of the molecule is O=C1S/C(=C\c2cc(I)c(OCc3ccc(Cl)cc3)c(I)c2)C(=O)N1Cc1ccc(F)cc1. The van der Waals surface area contributed by atoms with Crippen molar-refractivity contribution in [1.29, 1.82) is 0 Å². The number of ether oxygens (including phenoxy) is 1. The molecule has 0 bridgehead atoms. The fourth-order valence-electron chi connectivity index (χ4n) is 3.10. The maximum absolute atomic E-state index is 13.1. The number of nitrogens with zero attached hydrogens (tertiary/aromatic N) is 1. The number of imide groups is 1. The molecule has 9 heteroatoms. The maximum atomic E-state index is 13.1. The molecule has 2 amide bonds. The minimum atomic E-state index is -0.363. The van der Waals surface area contributed by atoms with E-state index >= 15 is 0 Å². The van der Waals surface area contributed by atoms with Gasteiger partial charge in [-0.05, 0) is 116 Å². The minimum absolute atomic E-state index is 0.106. The molecule has 1 fully saturated rings. The summed E-state index contributed by atoms with van der Waals surface area (Å²) in [6.07, 6.45) is 1.71. The van der Waals surface area contributed by atoms with Crippen LogP contribution in [0.25, 0.3) is 6.08 Å². The predicted octanol–water partition coefficient (Wildman–Crippen LogP) is 7.50. The second-order valence-corrected chi connectivity index (χ2v) is 10.9. The number of carbonyl (C=O) groups excluding carboxylic acids is 2. The molecular formula is C24H15ClFI2NO3S. The van der Waals surface area contributed by atoms with Crippen LogP contribution in [-0.2, 0) is 17.9 Å². The van der Waals surface area contributed by atoms with Gasteiger partial charge < -0.3 is 4.74 Å². The normalized spacial score (nSPS) is 14.9. The van der Waals surface area contributed by atoms with E-state index in [1.54, 1.807) is 18.2 Å². The molecule has 0 unspecified atom stereocenters. The number of hydrogen-bond donors (Lipinski definition) is 0. The summed E-state index contributed by atoms with van der Waals surface area (Å²) < 4.78 is 20.9. The first-order valence-corrected chi connectivity index (χ1v) is 13.0. The molecule has 1 aliphatic rings. The molecule has 4 nitrogen and oxygen atoms in total. The van der Waals surface area contributed by atoms with Gasteiger partial charge in [-0.25, -0.2) is 4.39 Å². The Balaban J connectivity index is 1.49. The van der Waals surface area contributed by atoms with Gasteiger partial charge in [0, 0.05) is 5.02 Å². The number of amides is 2. The van der Waals surface area contributed by atoms with Crippen LogP contribution in [0.2, 0.25) is 5.02 Å². The Morgan fingerprint density at radius 2 is 1.58 bits per heavy atom. The molecule has 0 saturated carbocycles. The van der Waals surface area contributed by atoms with Crippen LogP contribution in [0, 0.1) is 13.0 Å². The lowest BCUT2D eigenvalue weighted by molar-refractivity contribution is -0.123. The summed E-state index contributed by atoms with van der Waals surface area (Å²) in [5, 5.41) is 0.331. The van der Waals surface area contributed by atoms with E-state index in [-0.39, 0.29) is 23.5 Å². The summed E-state index contributed by atoms with van der Waals surface area (Å²) in [5.74, 6) is 0.0349. The summed E-state index contributed by atoms with van der Waals surface area (Å²) in [6, 6.07) is 17.0. The number of hydrogen-bond acceptors (Lipinski definition) is 4. The highest BCUT2D eigenvalue weighted by Gasteiger charge is 2.35. The lowest BCUT2D eigenvalue weighted by Crippen LogP contribution is -2.27. The Morgan fingerprint density at radius 1 is 0.970 bits per heavy atom. The first-order chi connectivity index (χ1) is 15.8. The van der Waals surface area contributed by atoms with Gasteiger partial charge in [0.1, 0.15) is 18.2 Å². The van der Waals surface area contributed by atoms with E-state index in [4.69, 9.17) is 16.3 Å². The molecule has 0 aliphatic carbocycles. The van der Waals surface area contributed by atoms with Crippen LogP contribution < -0.4 is 4.74 Å². The first-order valence-electron chi connectivity index (χ1n) is 9.66. The average Bonchev–Trinajstić information content (AvgIpc) is 3.03. The van der Waals surface area contributed by atoms with Crippen molar-refractivity contribution in [2.24, 2.45) is 0 Å². The molecule has 3 aromatic rings. The van der Waals surface area contributed by atoms with Crippen molar-refractivity contribution in [1.82, 2.24) is 4.90 Å². The van der Waals surface area contributed by atoms with Crippen LogP contribution in [-0.4, -0.2) is 16.0 Å². The van der Waals surface area contributed by atoms with Gasteiger partial charge in [0.15, 0.2) is 0 Å². The molecule has 168 valence electrons. The van der Waals surface area contributed by atoms with Gasteiger partial charge in [0.2, 0.25) is 0 Å². The standard InChI is InChI=1S/C24H15ClFI2NO3S/c25-17-5-1-15(2-6-17)13-32-22-19(27)9-16(10-20(22)28)11-21-23(30)29(24(31)33-21)12-14-3-7-18(26)8-4-14/h1-11H,12-13H2/b21-11-. The van der Waals surface area contributed by atoms with Crippen LogP contribution in [0.1, 0.15) is 16.7 Å². The topological polar surface area (TPSA) is 46.6 Å². The highest BCUT2D eigenvalue weighted by atomic mass is 127. The largest absolute Gasteiger partial charge is 0.487 e. The van der Waals surface area contributed by atoms with E-state index in [1.165, 1.54) is 17.0 Å². The number of carbonyl (C=O) groups is 2. The monoisotopic (exact) mass is 705 g/mol. The smallest absolute Gasteiger partial charge is 0.293 e. The van der Waals surface area contributed by atoms with Crippen molar-refractivity contribution in [3.8, 4) is 5.75 Å². The lowest BCUT2D eigenvalue weighted by atomic mass is 10.2. The van der Waals surface area contributed by atoms with Gasteiger partial charge in [0.25, 0.3) is 11.1 Å². The van der Waals surface area contributed by atoms with Gasteiger partial charge in [0.05, 0.1) is 18.6 Å². The zero-order valence-corrected chi connectivity index (χ0v) is 22.7. The summed E-state index contributed by atoms with van der Waals surface area (Å²) in [6.45, 7) is 0.514. The minimum Gasteiger partial charge on any atom is -0.487 e.